The maximum Gasteiger partial charge on any atom is 0.258 e. The van der Waals surface area contributed by atoms with Gasteiger partial charge in [0.1, 0.15) is 11.6 Å². The van der Waals surface area contributed by atoms with E-state index in [2.05, 4.69) is 38.5 Å². The summed E-state index contributed by atoms with van der Waals surface area (Å²) in [5.41, 5.74) is 2.39. The zero-order valence-corrected chi connectivity index (χ0v) is 21.4. The average molecular weight is 494 g/mol. The first-order valence-electron chi connectivity index (χ1n) is 13.0. The van der Waals surface area contributed by atoms with Crippen LogP contribution in [0.2, 0.25) is 0 Å². The standard InChI is InChI=1S/C27H35N5O2S/c1-20-19-31(16-17-34-20)25-5-2-4-24(28-25)29-26(33)22-7-6-21(35-32-12-3-13-32)18-23(22)30-14-10-27(8-9-27)11-15-30/h2,4-7,18,20H,3,8-17,19H2,1H3,(H,28,29,33)/t20-/m1/s1. The quantitative estimate of drug-likeness (QED) is 0.588. The van der Waals surface area contributed by atoms with Crippen molar-refractivity contribution in [2.45, 2.75) is 50.0 Å². The van der Waals surface area contributed by atoms with Gasteiger partial charge in [0.05, 0.1) is 24.0 Å². The number of carbonyl (C=O) groups is 1. The highest BCUT2D eigenvalue weighted by molar-refractivity contribution is 7.97. The smallest absolute Gasteiger partial charge is 0.258 e. The molecular weight excluding hydrogens is 458 g/mol. The summed E-state index contributed by atoms with van der Waals surface area (Å²) >= 11 is 1.81. The summed E-state index contributed by atoms with van der Waals surface area (Å²) in [7, 11) is 0. The predicted octanol–water partition coefficient (Wildman–Crippen LogP) is 4.65. The van der Waals surface area contributed by atoms with Gasteiger partial charge in [-0.15, -0.1) is 0 Å². The zero-order chi connectivity index (χ0) is 23.8. The summed E-state index contributed by atoms with van der Waals surface area (Å²) < 4.78 is 8.05. The molecule has 3 aliphatic heterocycles. The number of carbonyl (C=O) groups excluding carboxylic acids is 1. The normalized spacial score (nSPS) is 23.7. The second-order valence-corrected chi connectivity index (χ2v) is 11.7. The van der Waals surface area contributed by atoms with Gasteiger partial charge < -0.3 is 19.9 Å². The highest BCUT2D eigenvalue weighted by Gasteiger charge is 2.44. The van der Waals surface area contributed by atoms with Gasteiger partial charge in [-0.2, -0.15) is 0 Å². The van der Waals surface area contributed by atoms with Crippen molar-refractivity contribution >= 4 is 35.2 Å². The molecule has 1 N–H and O–H groups in total. The second kappa shape index (κ2) is 9.64. The maximum atomic E-state index is 13.5. The molecule has 1 aromatic heterocycles. The number of morpholine rings is 1. The first kappa shape index (κ1) is 23.1. The van der Waals surface area contributed by atoms with Gasteiger partial charge in [-0.05, 0) is 86.7 Å². The maximum absolute atomic E-state index is 13.5. The Morgan fingerprint density at radius 2 is 1.89 bits per heavy atom. The van der Waals surface area contributed by atoms with Gasteiger partial charge in [0.15, 0.2) is 0 Å². The van der Waals surface area contributed by atoms with Crippen LogP contribution >= 0.6 is 11.9 Å². The number of aromatic nitrogens is 1. The number of ether oxygens (including phenoxy) is 1. The van der Waals surface area contributed by atoms with Crippen LogP contribution in [0.25, 0.3) is 0 Å². The van der Waals surface area contributed by atoms with Crippen LogP contribution in [0.15, 0.2) is 41.3 Å². The fourth-order valence-electron chi connectivity index (χ4n) is 5.33. The van der Waals surface area contributed by atoms with Gasteiger partial charge in [0.2, 0.25) is 0 Å². The Morgan fingerprint density at radius 1 is 1.06 bits per heavy atom. The molecule has 1 saturated carbocycles. The Hall–Kier alpha value is -2.29. The summed E-state index contributed by atoms with van der Waals surface area (Å²) in [6.45, 7) is 8.72. The lowest BCUT2D eigenvalue weighted by molar-refractivity contribution is 0.0529. The average Bonchev–Trinajstić information content (AvgIpc) is 3.60. The first-order valence-corrected chi connectivity index (χ1v) is 13.8. The van der Waals surface area contributed by atoms with E-state index >= 15 is 0 Å². The van der Waals surface area contributed by atoms with Gasteiger partial charge in [-0.25, -0.2) is 9.29 Å². The molecule has 35 heavy (non-hydrogen) atoms. The number of rotatable bonds is 6. The van der Waals surface area contributed by atoms with E-state index in [-0.39, 0.29) is 12.0 Å². The Balaban J connectivity index is 1.22. The van der Waals surface area contributed by atoms with E-state index in [1.165, 1.54) is 37.0 Å². The number of benzene rings is 1. The second-order valence-electron chi connectivity index (χ2n) is 10.5. The minimum atomic E-state index is -0.0906. The van der Waals surface area contributed by atoms with Gasteiger partial charge in [-0.1, -0.05) is 6.07 Å². The van der Waals surface area contributed by atoms with Gasteiger partial charge in [0, 0.05) is 44.2 Å². The van der Waals surface area contributed by atoms with Crippen molar-refractivity contribution in [2.24, 2.45) is 5.41 Å². The van der Waals surface area contributed by atoms with E-state index in [4.69, 9.17) is 9.72 Å². The number of nitrogens with zero attached hydrogens (tertiary/aromatic N) is 4. The lowest BCUT2D eigenvalue weighted by Gasteiger charge is -2.35. The van der Waals surface area contributed by atoms with Crippen LogP contribution in [0.1, 0.15) is 49.4 Å². The third-order valence-electron chi connectivity index (χ3n) is 7.93. The van der Waals surface area contributed by atoms with Gasteiger partial charge in [-0.3, -0.25) is 4.79 Å². The van der Waals surface area contributed by atoms with E-state index in [0.29, 0.717) is 17.8 Å². The van der Waals surface area contributed by atoms with Crippen LogP contribution in [0, 0.1) is 5.41 Å². The molecule has 1 aromatic carbocycles. The molecule has 8 heteroatoms. The third-order valence-corrected chi connectivity index (χ3v) is 9.01. The zero-order valence-electron chi connectivity index (χ0n) is 20.5. The summed E-state index contributed by atoms with van der Waals surface area (Å²) in [6.07, 6.45) is 6.67. The molecule has 7 nitrogen and oxygen atoms in total. The van der Waals surface area contributed by atoms with Crippen molar-refractivity contribution in [1.29, 1.82) is 0 Å². The molecule has 1 amide bonds. The molecule has 2 aromatic rings. The Morgan fingerprint density at radius 3 is 2.60 bits per heavy atom. The summed E-state index contributed by atoms with van der Waals surface area (Å²) in [6, 6.07) is 12.2. The molecule has 0 bridgehead atoms. The molecule has 186 valence electrons. The first-order chi connectivity index (χ1) is 17.1. The van der Waals surface area contributed by atoms with Crippen LogP contribution in [-0.4, -0.2) is 67.2 Å². The third kappa shape index (κ3) is 5.15. The summed E-state index contributed by atoms with van der Waals surface area (Å²) in [5, 5.41) is 3.09. The van der Waals surface area contributed by atoms with Gasteiger partial charge >= 0.3 is 0 Å². The molecule has 0 radical (unpaired) electrons. The number of hydrogen-bond acceptors (Lipinski definition) is 7. The lowest BCUT2D eigenvalue weighted by atomic mass is 9.93. The largest absolute Gasteiger partial charge is 0.375 e. The van der Waals surface area contributed by atoms with Crippen LogP contribution in [0.3, 0.4) is 0 Å². The Bertz CT molecular complexity index is 1080. The molecular formula is C27H35N5O2S. The van der Waals surface area contributed by atoms with Crippen molar-refractivity contribution < 1.29 is 9.53 Å². The number of nitrogens with one attached hydrogen (secondary N) is 1. The SMILES string of the molecule is C[C@@H]1CN(c2cccc(NC(=O)c3ccc(SN4CCC4)cc3N3CCC4(CC3)CC4)n2)CCO1. The minimum Gasteiger partial charge on any atom is -0.375 e. The fraction of sp³-hybridized carbons (Fsp3) is 0.556. The topological polar surface area (TPSA) is 60.9 Å². The van der Waals surface area contributed by atoms with Gasteiger partial charge in [0.25, 0.3) is 5.91 Å². The van der Waals surface area contributed by atoms with E-state index in [1.807, 2.05) is 36.2 Å². The van der Waals surface area contributed by atoms with Crippen molar-refractivity contribution in [1.82, 2.24) is 9.29 Å². The van der Waals surface area contributed by atoms with E-state index in [0.717, 1.165) is 56.3 Å². The lowest BCUT2D eigenvalue weighted by Crippen LogP contribution is -2.41. The number of pyridine rings is 1. The van der Waals surface area contributed by atoms with Crippen molar-refractivity contribution in [2.75, 3.05) is 61.0 Å². The Labute approximate surface area is 212 Å². The molecule has 1 atom stereocenters. The number of hydrogen-bond donors (Lipinski definition) is 1. The highest BCUT2D eigenvalue weighted by Crippen LogP contribution is 2.54. The monoisotopic (exact) mass is 493 g/mol. The van der Waals surface area contributed by atoms with Crippen LogP contribution in [-0.2, 0) is 4.74 Å². The molecule has 1 spiro atoms. The van der Waals surface area contributed by atoms with Crippen LogP contribution in [0.5, 0.6) is 0 Å². The molecule has 1 aliphatic carbocycles. The van der Waals surface area contributed by atoms with Crippen molar-refractivity contribution in [3.63, 3.8) is 0 Å². The number of piperidine rings is 1. The van der Waals surface area contributed by atoms with Crippen molar-refractivity contribution in [3.05, 3.63) is 42.0 Å². The van der Waals surface area contributed by atoms with Crippen LogP contribution in [0.4, 0.5) is 17.3 Å². The predicted molar refractivity (Wildman–Crippen MR) is 141 cm³/mol. The number of amides is 1. The van der Waals surface area contributed by atoms with E-state index in [1.54, 1.807) is 0 Å². The minimum absolute atomic E-state index is 0.0906. The van der Waals surface area contributed by atoms with E-state index in [9.17, 15) is 4.79 Å². The van der Waals surface area contributed by atoms with Crippen molar-refractivity contribution in [3.8, 4) is 0 Å². The molecule has 4 heterocycles. The summed E-state index contributed by atoms with van der Waals surface area (Å²) in [4.78, 5) is 24.1. The molecule has 0 unspecified atom stereocenters. The molecule has 4 fully saturated rings. The molecule has 4 aliphatic rings. The molecule has 3 saturated heterocycles. The Kier molecular flexibility index (Phi) is 6.37. The molecule has 6 rings (SSSR count). The van der Waals surface area contributed by atoms with Crippen LogP contribution < -0.4 is 15.1 Å². The fourth-order valence-corrected chi connectivity index (χ4v) is 6.36. The number of anilines is 3. The van der Waals surface area contributed by atoms with E-state index < -0.39 is 0 Å². The highest BCUT2D eigenvalue weighted by atomic mass is 32.2. The summed E-state index contributed by atoms with van der Waals surface area (Å²) in [5.74, 6) is 1.38.